The van der Waals surface area contributed by atoms with Gasteiger partial charge in [0, 0.05) is 10.8 Å². The molecule has 0 aliphatic heterocycles. The Labute approximate surface area is 142 Å². The summed E-state index contributed by atoms with van der Waals surface area (Å²) in [5.74, 6) is 2.86. The first-order valence-corrected chi connectivity index (χ1v) is 10.2. The predicted octanol–water partition coefficient (Wildman–Crippen LogP) is 5.46. The van der Waals surface area contributed by atoms with E-state index in [9.17, 15) is 5.26 Å². The minimum Gasteiger partial charge on any atom is -0.240 e. The SMILES string of the molecule is N#CC(=C1CCCC1)c1nc(C23CC4CC(CC(C4)C2)C3)cs1. The van der Waals surface area contributed by atoms with Crippen molar-refractivity contribution in [2.24, 2.45) is 17.8 Å². The van der Waals surface area contributed by atoms with Gasteiger partial charge in [0.25, 0.3) is 0 Å². The van der Waals surface area contributed by atoms with Gasteiger partial charge in [-0.25, -0.2) is 4.98 Å². The molecule has 0 radical (unpaired) electrons. The standard InChI is InChI=1S/C20H24N2S/c21-11-17(16-3-1-2-4-16)19-22-18(12-23-19)20-8-13-5-14(9-20)7-15(6-13)10-20/h12-15H,1-10H2. The molecule has 5 saturated carbocycles. The summed E-state index contributed by atoms with van der Waals surface area (Å²) >= 11 is 1.73. The molecular weight excluding hydrogens is 300 g/mol. The van der Waals surface area contributed by atoms with Gasteiger partial charge >= 0.3 is 0 Å². The van der Waals surface area contributed by atoms with Crippen LogP contribution in [0, 0.1) is 29.1 Å². The molecule has 2 nitrogen and oxygen atoms in total. The summed E-state index contributed by atoms with van der Waals surface area (Å²) in [7, 11) is 0. The summed E-state index contributed by atoms with van der Waals surface area (Å²) in [5, 5.41) is 13.0. The van der Waals surface area contributed by atoms with Crippen LogP contribution < -0.4 is 0 Å². The molecule has 4 bridgehead atoms. The van der Waals surface area contributed by atoms with Crippen molar-refractivity contribution in [3.63, 3.8) is 0 Å². The Balaban J connectivity index is 1.50. The minimum absolute atomic E-state index is 0.365. The summed E-state index contributed by atoms with van der Waals surface area (Å²) in [6.07, 6.45) is 13.2. The smallest absolute Gasteiger partial charge is 0.134 e. The van der Waals surface area contributed by atoms with E-state index < -0.39 is 0 Å². The Bertz CT molecular complexity index is 662. The molecule has 3 heteroatoms. The van der Waals surface area contributed by atoms with E-state index in [0.717, 1.165) is 41.2 Å². The average molecular weight is 324 g/mol. The van der Waals surface area contributed by atoms with Crippen LogP contribution in [0.5, 0.6) is 0 Å². The highest BCUT2D eigenvalue weighted by Gasteiger charge is 2.52. The Morgan fingerprint density at radius 1 is 1.09 bits per heavy atom. The topological polar surface area (TPSA) is 36.7 Å². The van der Waals surface area contributed by atoms with E-state index >= 15 is 0 Å². The molecule has 1 aromatic rings. The molecule has 5 fully saturated rings. The van der Waals surface area contributed by atoms with Gasteiger partial charge in [0.1, 0.15) is 11.1 Å². The fraction of sp³-hybridized carbons (Fsp3) is 0.700. The summed E-state index contributed by atoms with van der Waals surface area (Å²) in [6.45, 7) is 0. The highest BCUT2D eigenvalue weighted by atomic mass is 32.1. The molecule has 0 aromatic carbocycles. The number of rotatable bonds is 2. The van der Waals surface area contributed by atoms with E-state index in [4.69, 9.17) is 4.98 Å². The lowest BCUT2D eigenvalue weighted by Crippen LogP contribution is -2.48. The van der Waals surface area contributed by atoms with Crippen LogP contribution in [0.2, 0.25) is 0 Å². The summed E-state index contributed by atoms with van der Waals surface area (Å²) in [5.41, 5.74) is 3.97. The number of hydrogen-bond acceptors (Lipinski definition) is 3. The van der Waals surface area contributed by atoms with Crippen LogP contribution in [0.4, 0.5) is 0 Å². The molecule has 1 aromatic heterocycles. The van der Waals surface area contributed by atoms with Crippen LogP contribution in [0.25, 0.3) is 5.57 Å². The molecule has 1 heterocycles. The molecule has 0 amide bonds. The quantitative estimate of drug-likeness (QED) is 0.677. The Morgan fingerprint density at radius 2 is 1.70 bits per heavy atom. The molecule has 0 saturated heterocycles. The minimum atomic E-state index is 0.365. The monoisotopic (exact) mass is 324 g/mol. The molecule has 0 spiro atoms. The van der Waals surface area contributed by atoms with E-state index in [-0.39, 0.29) is 0 Å². The third-order valence-corrected chi connectivity index (χ3v) is 7.83. The third kappa shape index (κ3) is 2.22. The Kier molecular flexibility index (Phi) is 3.20. The zero-order valence-electron chi connectivity index (χ0n) is 13.7. The van der Waals surface area contributed by atoms with Gasteiger partial charge in [-0.1, -0.05) is 0 Å². The molecule has 0 unspecified atom stereocenters. The molecule has 0 atom stereocenters. The molecule has 0 N–H and O–H groups in total. The second kappa shape index (κ2) is 5.18. The molecular formula is C20H24N2S. The van der Waals surface area contributed by atoms with E-state index in [1.54, 1.807) is 11.3 Å². The van der Waals surface area contributed by atoms with Crippen molar-refractivity contribution < 1.29 is 0 Å². The van der Waals surface area contributed by atoms with Crippen molar-refractivity contribution in [2.75, 3.05) is 0 Å². The van der Waals surface area contributed by atoms with Crippen molar-refractivity contribution in [3.8, 4) is 6.07 Å². The maximum absolute atomic E-state index is 9.64. The van der Waals surface area contributed by atoms with Crippen molar-refractivity contribution in [1.29, 1.82) is 5.26 Å². The Morgan fingerprint density at radius 3 is 2.26 bits per heavy atom. The van der Waals surface area contributed by atoms with Crippen molar-refractivity contribution in [1.82, 2.24) is 4.98 Å². The normalized spacial score (nSPS) is 38.0. The van der Waals surface area contributed by atoms with Gasteiger partial charge in [0.05, 0.1) is 11.3 Å². The fourth-order valence-electron chi connectivity index (χ4n) is 6.39. The van der Waals surface area contributed by atoms with E-state index in [2.05, 4.69) is 11.4 Å². The summed E-state index contributed by atoms with van der Waals surface area (Å²) in [4.78, 5) is 5.05. The maximum atomic E-state index is 9.64. The van der Waals surface area contributed by atoms with Crippen molar-refractivity contribution in [2.45, 2.75) is 69.6 Å². The van der Waals surface area contributed by atoms with Gasteiger partial charge in [-0.3, -0.25) is 0 Å². The van der Waals surface area contributed by atoms with Crippen molar-refractivity contribution >= 4 is 16.9 Å². The van der Waals surface area contributed by atoms with Crippen LogP contribution >= 0.6 is 11.3 Å². The first-order valence-electron chi connectivity index (χ1n) is 9.34. The largest absolute Gasteiger partial charge is 0.240 e. The average Bonchev–Trinajstić information content (AvgIpc) is 3.19. The van der Waals surface area contributed by atoms with Gasteiger partial charge in [-0.15, -0.1) is 11.3 Å². The second-order valence-electron chi connectivity index (χ2n) is 8.53. The number of allylic oxidation sites excluding steroid dienone is 2. The number of aromatic nitrogens is 1. The Hall–Kier alpha value is -1.14. The van der Waals surface area contributed by atoms with Gasteiger partial charge in [0.2, 0.25) is 0 Å². The van der Waals surface area contributed by atoms with Gasteiger partial charge < -0.3 is 0 Å². The van der Waals surface area contributed by atoms with E-state index in [1.807, 2.05) is 0 Å². The van der Waals surface area contributed by atoms with E-state index in [1.165, 1.54) is 62.6 Å². The van der Waals surface area contributed by atoms with Gasteiger partial charge in [-0.2, -0.15) is 5.26 Å². The fourth-order valence-corrected chi connectivity index (χ4v) is 7.37. The van der Waals surface area contributed by atoms with E-state index in [0.29, 0.717) is 5.41 Å². The molecule has 5 aliphatic carbocycles. The number of hydrogen-bond donors (Lipinski definition) is 0. The zero-order valence-corrected chi connectivity index (χ0v) is 14.5. The lowest BCUT2D eigenvalue weighted by atomic mass is 9.49. The number of nitriles is 1. The number of nitrogens with zero attached hydrogens (tertiary/aromatic N) is 2. The molecule has 23 heavy (non-hydrogen) atoms. The highest BCUT2D eigenvalue weighted by molar-refractivity contribution is 7.11. The molecule has 6 rings (SSSR count). The first kappa shape index (κ1) is 14.2. The third-order valence-electron chi connectivity index (χ3n) is 6.97. The summed E-state index contributed by atoms with van der Waals surface area (Å²) in [6, 6.07) is 2.47. The maximum Gasteiger partial charge on any atom is 0.134 e. The number of thiazole rings is 1. The van der Waals surface area contributed by atoms with Crippen molar-refractivity contribution in [3.05, 3.63) is 21.7 Å². The van der Waals surface area contributed by atoms with Crippen LogP contribution in [-0.2, 0) is 5.41 Å². The van der Waals surface area contributed by atoms with Crippen LogP contribution in [0.15, 0.2) is 11.0 Å². The van der Waals surface area contributed by atoms with Crippen LogP contribution in [0.1, 0.15) is 74.9 Å². The summed E-state index contributed by atoms with van der Waals surface area (Å²) < 4.78 is 0. The van der Waals surface area contributed by atoms with Gasteiger partial charge in [-0.05, 0) is 87.5 Å². The predicted molar refractivity (Wildman–Crippen MR) is 93.0 cm³/mol. The van der Waals surface area contributed by atoms with Gasteiger partial charge in [0.15, 0.2) is 0 Å². The van der Waals surface area contributed by atoms with Crippen LogP contribution in [0.3, 0.4) is 0 Å². The lowest BCUT2D eigenvalue weighted by Gasteiger charge is -2.56. The molecule has 120 valence electrons. The first-order chi connectivity index (χ1) is 11.3. The zero-order chi connectivity index (χ0) is 15.4. The van der Waals surface area contributed by atoms with Crippen LogP contribution in [-0.4, -0.2) is 4.98 Å². The highest BCUT2D eigenvalue weighted by Crippen LogP contribution is 2.60. The molecule has 5 aliphatic rings. The second-order valence-corrected chi connectivity index (χ2v) is 9.39. The lowest BCUT2D eigenvalue weighted by molar-refractivity contribution is -0.00694.